The van der Waals surface area contributed by atoms with Gasteiger partial charge in [0.2, 0.25) is 5.09 Å². The number of sulfonamides is 1. The van der Waals surface area contributed by atoms with E-state index in [9.17, 15) is 12.8 Å². The number of halogens is 1. The van der Waals surface area contributed by atoms with E-state index in [-0.39, 0.29) is 5.09 Å². The number of anilines is 1. The number of rotatable bonds is 5. The molecule has 0 spiro atoms. The predicted molar refractivity (Wildman–Crippen MR) is 73.4 cm³/mol. The van der Waals surface area contributed by atoms with Crippen LogP contribution in [0.1, 0.15) is 11.3 Å². The molecule has 0 radical (unpaired) electrons. The quantitative estimate of drug-likeness (QED) is 0.888. The van der Waals surface area contributed by atoms with Crippen molar-refractivity contribution in [3.8, 4) is 0 Å². The topological polar surface area (TPSA) is 71.3 Å². The standard InChI is InChI=1S/C13H15FN2O3S/c1-9-7-10(14)3-5-12(9)16-20(17,18)13-6-4-11(19-13)8-15-2/h3-7,15-16H,8H2,1-2H3. The summed E-state index contributed by atoms with van der Waals surface area (Å²) in [6.07, 6.45) is 0. The van der Waals surface area contributed by atoms with E-state index in [0.29, 0.717) is 23.6 Å². The molecule has 0 bridgehead atoms. The number of hydrogen-bond acceptors (Lipinski definition) is 4. The molecule has 0 aliphatic rings. The van der Waals surface area contributed by atoms with Crippen molar-refractivity contribution in [2.45, 2.75) is 18.6 Å². The molecule has 5 nitrogen and oxygen atoms in total. The van der Waals surface area contributed by atoms with Crippen molar-refractivity contribution in [3.63, 3.8) is 0 Å². The average Bonchev–Trinajstić information content (AvgIpc) is 2.83. The fraction of sp³-hybridized carbons (Fsp3) is 0.231. The molecule has 0 atom stereocenters. The highest BCUT2D eigenvalue weighted by atomic mass is 32.2. The van der Waals surface area contributed by atoms with Gasteiger partial charge in [0.05, 0.1) is 12.2 Å². The molecule has 7 heteroatoms. The van der Waals surface area contributed by atoms with Gasteiger partial charge in [0.1, 0.15) is 11.6 Å². The molecule has 0 saturated carbocycles. The minimum absolute atomic E-state index is 0.175. The van der Waals surface area contributed by atoms with Gasteiger partial charge >= 0.3 is 0 Å². The largest absolute Gasteiger partial charge is 0.446 e. The van der Waals surface area contributed by atoms with Gasteiger partial charge < -0.3 is 9.73 Å². The third kappa shape index (κ3) is 3.17. The van der Waals surface area contributed by atoms with Gasteiger partial charge in [-0.15, -0.1) is 0 Å². The van der Waals surface area contributed by atoms with E-state index >= 15 is 0 Å². The molecule has 2 N–H and O–H groups in total. The fourth-order valence-corrected chi connectivity index (χ4v) is 2.79. The lowest BCUT2D eigenvalue weighted by molar-refractivity contribution is 0.408. The summed E-state index contributed by atoms with van der Waals surface area (Å²) in [5.41, 5.74) is 0.813. The van der Waals surface area contributed by atoms with Crippen LogP contribution in [-0.4, -0.2) is 15.5 Å². The van der Waals surface area contributed by atoms with Crippen molar-refractivity contribution in [1.82, 2.24) is 5.32 Å². The molecule has 2 rings (SSSR count). The van der Waals surface area contributed by atoms with Crippen molar-refractivity contribution in [3.05, 3.63) is 47.5 Å². The van der Waals surface area contributed by atoms with Gasteiger partial charge in [-0.2, -0.15) is 8.42 Å². The van der Waals surface area contributed by atoms with E-state index in [2.05, 4.69) is 10.0 Å². The Kier molecular flexibility index (Phi) is 4.10. The van der Waals surface area contributed by atoms with E-state index in [1.807, 2.05) is 0 Å². The van der Waals surface area contributed by atoms with Crippen molar-refractivity contribution in [1.29, 1.82) is 0 Å². The Balaban J connectivity index is 2.26. The van der Waals surface area contributed by atoms with Crippen molar-refractivity contribution in [2.24, 2.45) is 0 Å². The van der Waals surface area contributed by atoms with Gasteiger partial charge in [-0.05, 0) is 49.9 Å². The highest BCUT2D eigenvalue weighted by Crippen LogP contribution is 2.21. The van der Waals surface area contributed by atoms with Crippen LogP contribution < -0.4 is 10.0 Å². The SMILES string of the molecule is CNCc1ccc(S(=O)(=O)Nc2ccc(F)cc2C)o1. The summed E-state index contributed by atoms with van der Waals surface area (Å²) in [6, 6.07) is 6.79. The van der Waals surface area contributed by atoms with Crippen LogP contribution in [-0.2, 0) is 16.6 Å². The smallest absolute Gasteiger partial charge is 0.295 e. The number of aryl methyl sites for hydroxylation is 1. The zero-order valence-electron chi connectivity index (χ0n) is 11.1. The van der Waals surface area contributed by atoms with Crippen molar-refractivity contribution >= 4 is 15.7 Å². The van der Waals surface area contributed by atoms with Crippen molar-refractivity contribution in [2.75, 3.05) is 11.8 Å². The summed E-state index contributed by atoms with van der Waals surface area (Å²) in [5.74, 6) is 0.100. The Bertz CT molecular complexity index is 710. The molecule has 1 aromatic carbocycles. The highest BCUT2D eigenvalue weighted by molar-refractivity contribution is 7.92. The zero-order valence-corrected chi connectivity index (χ0v) is 11.9. The molecular weight excluding hydrogens is 283 g/mol. The average molecular weight is 298 g/mol. The molecule has 0 saturated heterocycles. The lowest BCUT2D eigenvalue weighted by Crippen LogP contribution is -2.13. The molecule has 1 aromatic heterocycles. The molecule has 1 heterocycles. The maximum atomic E-state index is 13.0. The maximum Gasteiger partial charge on any atom is 0.295 e. The first-order valence-electron chi connectivity index (χ1n) is 5.94. The van der Waals surface area contributed by atoms with E-state index in [1.165, 1.54) is 24.3 Å². The molecule has 0 fully saturated rings. The fourth-order valence-electron chi connectivity index (χ4n) is 1.71. The second-order valence-electron chi connectivity index (χ2n) is 4.32. The minimum Gasteiger partial charge on any atom is -0.446 e. The van der Waals surface area contributed by atoms with Gasteiger partial charge in [-0.1, -0.05) is 0 Å². The normalized spacial score (nSPS) is 11.6. The van der Waals surface area contributed by atoms with Gasteiger partial charge in [0.25, 0.3) is 10.0 Å². The van der Waals surface area contributed by atoms with Crippen LogP contribution >= 0.6 is 0 Å². The van der Waals surface area contributed by atoms with Crippen LogP contribution in [0.25, 0.3) is 0 Å². The Morgan fingerprint density at radius 1 is 1.25 bits per heavy atom. The Morgan fingerprint density at radius 2 is 2.00 bits per heavy atom. The zero-order chi connectivity index (χ0) is 14.8. The van der Waals surface area contributed by atoms with Crippen LogP contribution in [0.5, 0.6) is 0 Å². The third-order valence-corrected chi connectivity index (χ3v) is 3.92. The van der Waals surface area contributed by atoms with E-state index in [1.54, 1.807) is 20.0 Å². The molecule has 0 aliphatic heterocycles. The van der Waals surface area contributed by atoms with Crippen LogP contribution in [0, 0.1) is 12.7 Å². The van der Waals surface area contributed by atoms with Crippen LogP contribution in [0.3, 0.4) is 0 Å². The van der Waals surface area contributed by atoms with E-state index in [0.717, 1.165) is 0 Å². The second kappa shape index (κ2) is 5.64. The Labute approximate surface area is 116 Å². The summed E-state index contributed by atoms with van der Waals surface area (Å²) < 4.78 is 44.9. The van der Waals surface area contributed by atoms with Crippen LogP contribution in [0.2, 0.25) is 0 Å². The number of hydrogen-bond donors (Lipinski definition) is 2. The summed E-state index contributed by atoms with van der Waals surface area (Å²) >= 11 is 0. The third-order valence-electron chi connectivity index (χ3n) is 2.69. The Morgan fingerprint density at radius 3 is 2.65 bits per heavy atom. The monoisotopic (exact) mass is 298 g/mol. The van der Waals surface area contributed by atoms with Gasteiger partial charge in [0, 0.05) is 0 Å². The second-order valence-corrected chi connectivity index (χ2v) is 5.93. The van der Waals surface area contributed by atoms with Gasteiger partial charge in [0.15, 0.2) is 0 Å². The lowest BCUT2D eigenvalue weighted by Gasteiger charge is -2.08. The summed E-state index contributed by atoms with van der Waals surface area (Å²) in [7, 11) is -2.08. The van der Waals surface area contributed by atoms with Crippen molar-refractivity contribution < 1.29 is 17.2 Å². The predicted octanol–water partition coefficient (Wildman–Crippen LogP) is 2.25. The maximum absolute atomic E-state index is 13.0. The highest BCUT2D eigenvalue weighted by Gasteiger charge is 2.19. The first kappa shape index (κ1) is 14.5. The Hall–Kier alpha value is -1.86. The first-order chi connectivity index (χ1) is 9.42. The van der Waals surface area contributed by atoms with Gasteiger partial charge in [-0.3, -0.25) is 4.72 Å². The molecule has 0 unspecified atom stereocenters. The number of nitrogens with one attached hydrogen (secondary N) is 2. The molecule has 108 valence electrons. The molecule has 0 amide bonds. The van der Waals surface area contributed by atoms with Gasteiger partial charge in [-0.25, -0.2) is 4.39 Å². The number of furan rings is 1. The molecular formula is C13H15FN2O3S. The van der Waals surface area contributed by atoms with Crippen LogP contribution in [0.4, 0.5) is 10.1 Å². The van der Waals surface area contributed by atoms with Crippen LogP contribution in [0.15, 0.2) is 39.8 Å². The first-order valence-corrected chi connectivity index (χ1v) is 7.43. The minimum atomic E-state index is -3.81. The molecule has 2 aromatic rings. The summed E-state index contributed by atoms with van der Waals surface area (Å²) in [4.78, 5) is 0. The van der Waals surface area contributed by atoms with E-state index < -0.39 is 15.8 Å². The molecule has 0 aliphatic carbocycles. The number of benzene rings is 1. The summed E-state index contributed by atoms with van der Waals surface area (Å²) in [5, 5.41) is 2.69. The lowest BCUT2D eigenvalue weighted by atomic mass is 10.2. The molecule has 20 heavy (non-hydrogen) atoms. The van der Waals surface area contributed by atoms with E-state index in [4.69, 9.17) is 4.42 Å². The summed E-state index contributed by atoms with van der Waals surface area (Å²) in [6.45, 7) is 2.06.